The maximum atomic E-state index is 11.9. The van der Waals surface area contributed by atoms with Crippen molar-refractivity contribution in [3.05, 3.63) is 0 Å². The third-order valence-corrected chi connectivity index (χ3v) is 4.62. The van der Waals surface area contributed by atoms with Crippen LogP contribution in [0.2, 0.25) is 0 Å². The minimum atomic E-state index is -5.19. The summed E-state index contributed by atoms with van der Waals surface area (Å²) >= 11 is 0. The summed E-state index contributed by atoms with van der Waals surface area (Å²) in [5, 5.41) is 2.09. The molecule has 0 aromatic heterocycles. The monoisotopic (exact) mass is 448 g/mol. The number of carbonyl (C=O) groups is 2. The van der Waals surface area contributed by atoms with E-state index in [1.165, 1.54) is 0 Å². The predicted molar refractivity (Wildman–Crippen MR) is 73.2 cm³/mol. The van der Waals surface area contributed by atoms with Crippen LogP contribution in [0.5, 0.6) is 0 Å². The van der Waals surface area contributed by atoms with Crippen LogP contribution in [0.25, 0.3) is 0 Å². The maximum Gasteiger partial charge on any atom is 1.00 e. The van der Waals surface area contributed by atoms with Gasteiger partial charge in [0.15, 0.2) is 0 Å². The molecule has 2 aliphatic rings. The van der Waals surface area contributed by atoms with Gasteiger partial charge in [-0.1, -0.05) is 6.92 Å². The van der Waals surface area contributed by atoms with Gasteiger partial charge >= 0.3 is 65.1 Å². The van der Waals surface area contributed by atoms with Gasteiger partial charge in [-0.3, -0.25) is 24.1 Å². The fraction of sp³-hybridized carbons (Fsp3) is 0.800. The number of nitrogens with one attached hydrogen (secondary N) is 1. The van der Waals surface area contributed by atoms with Crippen molar-refractivity contribution in [2.45, 2.75) is 31.8 Å². The first-order valence-corrected chi connectivity index (χ1v) is 10.0. The van der Waals surface area contributed by atoms with Gasteiger partial charge in [0.05, 0.1) is 18.6 Å². The van der Waals surface area contributed by atoms with Crippen LogP contribution in [0.15, 0.2) is 0 Å². The molecule has 6 atom stereocenters. The largest absolute Gasteiger partial charge is 1.00 e. The number of urea groups is 1. The first kappa shape index (κ1) is 28.1. The van der Waals surface area contributed by atoms with E-state index in [4.69, 9.17) is 14.5 Å². The number of phosphoric acid groups is 2. The fourth-order valence-electron chi connectivity index (χ4n) is 2.50. The molecule has 0 aromatic carbocycles. The van der Waals surface area contributed by atoms with Crippen LogP contribution in [0, 0.1) is 5.92 Å². The molecule has 0 aromatic rings. The molecule has 2 aliphatic heterocycles. The molecule has 2 rings (SSSR count). The van der Waals surface area contributed by atoms with Crippen LogP contribution in [0.3, 0.4) is 0 Å². The second kappa shape index (κ2) is 10.9. The number of phosphoric ester groups is 2. The Bertz CT molecular complexity index is 641. The van der Waals surface area contributed by atoms with E-state index in [0.29, 0.717) is 0 Å². The van der Waals surface area contributed by atoms with Gasteiger partial charge in [0, 0.05) is 13.0 Å². The Morgan fingerprint density at radius 2 is 1.85 bits per heavy atom. The number of imide groups is 1. The molecular formula is C10H16N2Na2O11P2. The first-order valence-electron chi connectivity index (χ1n) is 7.03. The molecule has 144 valence electrons. The van der Waals surface area contributed by atoms with Gasteiger partial charge in [0.2, 0.25) is 5.91 Å². The molecule has 17 heteroatoms. The quantitative estimate of drug-likeness (QED) is 0.258. The zero-order valence-electron chi connectivity index (χ0n) is 14.8. The molecule has 3 N–H and O–H groups in total. The first-order chi connectivity index (χ1) is 11.4. The van der Waals surface area contributed by atoms with Gasteiger partial charge < -0.3 is 33.4 Å². The number of ether oxygens (including phenoxy) is 1. The van der Waals surface area contributed by atoms with Crippen molar-refractivity contribution in [3.8, 4) is 0 Å². The minimum absolute atomic E-state index is 0. The van der Waals surface area contributed by atoms with Gasteiger partial charge in [0.25, 0.3) is 15.6 Å². The minimum Gasteiger partial charge on any atom is -0.756 e. The number of amides is 3. The van der Waals surface area contributed by atoms with Crippen molar-refractivity contribution in [2.24, 2.45) is 5.92 Å². The van der Waals surface area contributed by atoms with Crippen molar-refractivity contribution in [3.63, 3.8) is 0 Å². The van der Waals surface area contributed by atoms with Gasteiger partial charge in [0.1, 0.15) is 12.3 Å². The van der Waals surface area contributed by atoms with Crippen molar-refractivity contribution in [2.75, 3.05) is 13.2 Å². The van der Waals surface area contributed by atoms with Crippen molar-refractivity contribution >= 4 is 27.6 Å². The van der Waals surface area contributed by atoms with Gasteiger partial charge in [-0.25, -0.2) is 4.79 Å². The topological polar surface area (TPSA) is 198 Å². The molecule has 0 saturated carbocycles. The Balaban J connectivity index is 0.00000338. The van der Waals surface area contributed by atoms with Crippen LogP contribution in [-0.4, -0.2) is 58.2 Å². The van der Waals surface area contributed by atoms with Gasteiger partial charge in [-0.2, -0.15) is 0 Å². The molecular weight excluding hydrogens is 432 g/mol. The average molecular weight is 448 g/mol. The fourth-order valence-corrected chi connectivity index (χ4v) is 3.40. The van der Waals surface area contributed by atoms with Crippen molar-refractivity contribution in [1.82, 2.24) is 10.2 Å². The van der Waals surface area contributed by atoms with Gasteiger partial charge in [-0.15, -0.1) is 0 Å². The van der Waals surface area contributed by atoms with E-state index in [1.54, 1.807) is 6.92 Å². The van der Waals surface area contributed by atoms with E-state index in [9.17, 15) is 28.5 Å². The Kier molecular flexibility index (Phi) is 11.4. The van der Waals surface area contributed by atoms with E-state index in [-0.39, 0.29) is 72.1 Å². The summed E-state index contributed by atoms with van der Waals surface area (Å²) < 4.78 is 35.6. The van der Waals surface area contributed by atoms with Crippen LogP contribution in [-0.2, 0) is 27.7 Å². The average Bonchev–Trinajstić information content (AvgIpc) is 2.80. The third-order valence-electron chi connectivity index (χ3n) is 3.61. The number of rotatable bonds is 6. The molecule has 6 unspecified atom stereocenters. The summed E-state index contributed by atoms with van der Waals surface area (Å²) in [6, 6.07) is -0.778. The molecule has 27 heavy (non-hydrogen) atoms. The Morgan fingerprint density at radius 3 is 2.37 bits per heavy atom. The smallest absolute Gasteiger partial charge is 0.756 e. The second-order valence-electron chi connectivity index (χ2n) is 5.59. The molecule has 13 nitrogen and oxygen atoms in total. The SMILES string of the molecule is CC1CN(C2CC(OP(=O)([O-])O)C(COP(=O)([O-])O)O2)C(=O)NC1=O.[Na+].[Na+]. The Labute approximate surface area is 198 Å². The van der Waals surface area contributed by atoms with E-state index in [1.807, 2.05) is 0 Å². The Morgan fingerprint density at radius 1 is 1.26 bits per heavy atom. The van der Waals surface area contributed by atoms with Crippen LogP contribution in [0.4, 0.5) is 4.79 Å². The molecule has 0 spiro atoms. The third kappa shape index (κ3) is 8.79. The Hall–Kier alpha value is 1.12. The molecule has 2 saturated heterocycles. The molecule has 0 aliphatic carbocycles. The summed E-state index contributed by atoms with van der Waals surface area (Å²) in [6.45, 7) is 0.726. The predicted octanol–water partition coefficient (Wildman–Crippen LogP) is -8.38. The molecule has 0 radical (unpaired) electrons. The van der Waals surface area contributed by atoms with Gasteiger partial charge in [-0.05, 0) is 0 Å². The standard InChI is InChI=1S/C10H18N2O11P2.2Na/c1-5-3-12(10(14)11-9(5)13)8-2-6(23-25(18,19)20)7(22-8)4-21-24(15,16)17;;/h5-8H,2-4H2,1H3,(H,11,13,14)(H2,15,16,17)(H2,18,19,20);;/q;2*+1/p-2. The summed E-state index contributed by atoms with van der Waals surface area (Å²) in [5.41, 5.74) is 0. The summed E-state index contributed by atoms with van der Waals surface area (Å²) in [5.74, 6) is -1.04. The summed E-state index contributed by atoms with van der Waals surface area (Å²) in [7, 11) is -10.3. The van der Waals surface area contributed by atoms with E-state index < -0.39 is 58.5 Å². The van der Waals surface area contributed by atoms with Crippen LogP contribution in [0.1, 0.15) is 13.3 Å². The summed E-state index contributed by atoms with van der Waals surface area (Å²) in [6.07, 6.45) is -4.00. The van der Waals surface area contributed by atoms with Crippen molar-refractivity contribution in [1.29, 1.82) is 0 Å². The number of nitrogens with zero attached hydrogens (tertiary/aromatic N) is 1. The normalized spacial score (nSPS) is 32.6. The number of hydrogen-bond acceptors (Lipinski definition) is 9. The molecule has 3 amide bonds. The maximum absolute atomic E-state index is 11.9. The zero-order valence-corrected chi connectivity index (χ0v) is 20.6. The number of carbonyl (C=O) groups excluding carboxylic acids is 2. The van der Waals surface area contributed by atoms with Crippen LogP contribution >= 0.6 is 15.6 Å². The van der Waals surface area contributed by atoms with E-state index in [2.05, 4.69) is 14.4 Å². The molecule has 2 fully saturated rings. The zero-order chi connectivity index (χ0) is 19.0. The second-order valence-corrected chi connectivity index (χ2v) is 7.93. The number of hydrogen-bond donors (Lipinski definition) is 3. The summed E-state index contributed by atoms with van der Waals surface area (Å²) in [4.78, 5) is 63.5. The molecule has 2 heterocycles. The van der Waals surface area contributed by atoms with E-state index >= 15 is 0 Å². The van der Waals surface area contributed by atoms with Crippen LogP contribution < -0.4 is 74.2 Å². The van der Waals surface area contributed by atoms with Crippen molar-refractivity contribution < 1.29 is 111 Å². The van der Waals surface area contributed by atoms with E-state index in [0.717, 1.165) is 4.90 Å². The molecule has 0 bridgehead atoms.